The predicted molar refractivity (Wildman–Crippen MR) is 73.7 cm³/mol. The Balaban J connectivity index is 1.87. The highest BCUT2D eigenvalue weighted by Gasteiger charge is 1.98. The van der Waals surface area contributed by atoms with Gasteiger partial charge < -0.3 is 10.1 Å². The summed E-state index contributed by atoms with van der Waals surface area (Å²) in [5.41, 5.74) is 0.978. The van der Waals surface area contributed by atoms with E-state index in [-0.39, 0.29) is 5.82 Å². The Bertz CT molecular complexity index is 497. The quantitative estimate of drug-likeness (QED) is 0.861. The number of pyridine rings is 1. The third kappa shape index (κ3) is 4.25. The maximum absolute atomic E-state index is 12.7. The van der Waals surface area contributed by atoms with E-state index in [2.05, 4.69) is 17.2 Å². The summed E-state index contributed by atoms with van der Waals surface area (Å²) in [6.07, 6.45) is 2.85. The van der Waals surface area contributed by atoms with E-state index in [0.717, 1.165) is 24.3 Å². The molecule has 0 saturated heterocycles. The van der Waals surface area contributed by atoms with E-state index in [0.29, 0.717) is 12.4 Å². The highest BCUT2D eigenvalue weighted by Crippen LogP contribution is 2.13. The molecule has 0 aliphatic carbocycles. The van der Waals surface area contributed by atoms with Gasteiger partial charge in [0, 0.05) is 18.3 Å². The fourth-order valence-corrected chi connectivity index (χ4v) is 1.57. The summed E-state index contributed by atoms with van der Waals surface area (Å²) >= 11 is 0. The molecular weight excluding hydrogens is 243 g/mol. The van der Waals surface area contributed by atoms with Gasteiger partial charge in [0.15, 0.2) is 0 Å². The van der Waals surface area contributed by atoms with Crippen molar-refractivity contribution in [2.45, 2.75) is 20.0 Å². The van der Waals surface area contributed by atoms with Gasteiger partial charge in [-0.15, -0.1) is 0 Å². The Kier molecular flexibility index (Phi) is 4.72. The molecule has 0 aliphatic heterocycles. The topological polar surface area (TPSA) is 34.1 Å². The summed E-state index contributed by atoms with van der Waals surface area (Å²) in [4.78, 5) is 4.29. The molecule has 19 heavy (non-hydrogen) atoms. The molecule has 3 nitrogen and oxygen atoms in total. The van der Waals surface area contributed by atoms with E-state index in [1.165, 1.54) is 12.1 Å². The average Bonchev–Trinajstić information content (AvgIpc) is 2.46. The molecule has 0 aliphatic rings. The second kappa shape index (κ2) is 6.73. The zero-order chi connectivity index (χ0) is 13.5. The van der Waals surface area contributed by atoms with Crippen LogP contribution in [0.15, 0.2) is 42.6 Å². The molecule has 1 heterocycles. The number of anilines is 1. The highest BCUT2D eigenvalue weighted by molar-refractivity contribution is 5.35. The smallest absolute Gasteiger partial charge is 0.125 e. The fourth-order valence-electron chi connectivity index (χ4n) is 1.57. The van der Waals surface area contributed by atoms with Crippen LogP contribution in [-0.2, 0) is 6.61 Å². The molecule has 2 rings (SSSR count). The van der Waals surface area contributed by atoms with Crippen LogP contribution in [0.5, 0.6) is 5.75 Å². The lowest BCUT2D eigenvalue weighted by Gasteiger charge is -2.07. The maximum Gasteiger partial charge on any atom is 0.125 e. The van der Waals surface area contributed by atoms with Crippen LogP contribution in [0, 0.1) is 5.82 Å². The average molecular weight is 260 g/mol. The Labute approximate surface area is 112 Å². The van der Waals surface area contributed by atoms with Crippen molar-refractivity contribution in [3.8, 4) is 5.75 Å². The molecule has 0 unspecified atom stereocenters. The first-order valence-corrected chi connectivity index (χ1v) is 6.35. The molecule has 0 spiro atoms. The molecule has 0 fully saturated rings. The first-order valence-electron chi connectivity index (χ1n) is 6.35. The van der Waals surface area contributed by atoms with Crippen LogP contribution in [0.3, 0.4) is 0 Å². The normalized spacial score (nSPS) is 10.2. The lowest BCUT2D eigenvalue weighted by Crippen LogP contribution is -2.02. The van der Waals surface area contributed by atoms with E-state index >= 15 is 0 Å². The summed E-state index contributed by atoms with van der Waals surface area (Å²) in [5, 5.41) is 3.21. The van der Waals surface area contributed by atoms with Gasteiger partial charge >= 0.3 is 0 Å². The molecule has 1 aromatic carbocycles. The number of hydrogen-bond donors (Lipinski definition) is 1. The molecule has 0 atom stereocenters. The van der Waals surface area contributed by atoms with Gasteiger partial charge in [0.1, 0.15) is 24.0 Å². The van der Waals surface area contributed by atoms with E-state index in [1.807, 2.05) is 12.1 Å². The van der Waals surface area contributed by atoms with Gasteiger partial charge in [-0.25, -0.2) is 9.37 Å². The van der Waals surface area contributed by atoms with Crippen molar-refractivity contribution < 1.29 is 9.13 Å². The van der Waals surface area contributed by atoms with Crippen molar-refractivity contribution >= 4 is 5.82 Å². The van der Waals surface area contributed by atoms with E-state index in [4.69, 9.17) is 4.74 Å². The fraction of sp³-hybridized carbons (Fsp3) is 0.267. The summed E-state index contributed by atoms with van der Waals surface area (Å²) < 4.78 is 18.3. The Morgan fingerprint density at radius 1 is 1.16 bits per heavy atom. The summed E-state index contributed by atoms with van der Waals surface area (Å²) in [5.74, 6) is 1.25. The van der Waals surface area contributed by atoms with E-state index < -0.39 is 0 Å². The minimum absolute atomic E-state index is 0.264. The van der Waals surface area contributed by atoms with Crippen molar-refractivity contribution in [3.63, 3.8) is 0 Å². The number of aromatic nitrogens is 1. The van der Waals surface area contributed by atoms with Crippen molar-refractivity contribution in [3.05, 3.63) is 54.0 Å². The number of ether oxygens (including phenoxy) is 1. The molecule has 1 N–H and O–H groups in total. The number of benzene rings is 1. The lowest BCUT2D eigenvalue weighted by molar-refractivity contribution is 0.305. The first kappa shape index (κ1) is 13.3. The second-order valence-corrected chi connectivity index (χ2v) is 4.22. The monoisotopic (exact) mass is 260 g/mol. The Morgan fingerprint density at radius 3 is 2.58 bits per heavy atom. The van der Waals surface area contributed by atoms with Gasteiger partial charge in [-0.05, 0) is 36.8 Å². The van der Waals surface area contributed by atoms with Crippen molar-refractivity contribution in [2.75, 3.05) is 11.9 Å². The number of rotatable bonds is 6. The maximum atomic E-state index is 12.7. The number of hydrogen-bond acceptors (Lipinski definition) is 3. The number of halogens is 1. The molecule has 0 radical (unpaired) electrons. The summed E-state index contributed by atoms with van der Waals surface area (Å²) in [7, 11) is 0. The number of nitrogens with zero attached hydrogens (tertiary/aromatic N) is 1. The predicted octanol–water partition coefficient (Wildman–Crippen LogP) is 3.62. The zero-order valence-electron chi connectivity index (χ0n) is 10.9. The Morgan fingerprint density at radius 2 is 1.95 bits per heavy atom. The largest absolute Gasteiger partial charge is 0.489 e. The Hall–Kier alpha value is -2.10. The molecule has 4 heteroatoms. The molecule has 2 aromatic rings. The van der Waals surface area contributed by atoms with Crippen LogP contribution in [0.4, 0.5) is 10.2 Å². The molecule has 0 saturated carbocycles. The molecule has 0 amide bonds. The van der Waals surface area contributed by atoms with Crippen molar-refractivity contribution in [1.82, 2.24) is 4.98 Å². The van der Waals surface area contributed by atoms with Gasteiger partial charge in [-0.1, -0.05) is 13.0 Å². The van der Waals surface area contributed by atoms with Crippen LogP contribution in [0.2, 0.25) is 0 Å². The van der Waals surface area contributed by atoms with Gasteiger partial charge in [0.2, 0.25) is 0 Å². The van der Waals surface area contributed by atoms with Gasteiger partial charge in [-0.3, -0.25) is 0 Å². The summed E-state index contributed by atoms with van der Waals surface area (Å²) in [6, 6.07) is 9.88. The standard InChI is InChI=1S/C15H17FN2O/c1-2-9-17-15-8-3-12(10-18-15)11-19-14-6-4-13(16)5-7-14/h3-8,10H,2,9,11H2,1H3,(H,17,18). The second-order valence-electron chi connectivity index (χ2n) is 4.22. The van der Waals surface area contributed by atoms with Crippen LogP contribution >= 0.6 is 0 Å². The minimum Gasteiger partial charge on any atom is -0.489 e. The summed E-state index contributed by atoms with van der Waals surface area (Å²) in [6.45, 7) is 3.45. The SMILES string of the molecule is CCCNc1ccc(COc2ccc(F)cc2)cn1. The third-order valence-corrected chi connectivity index (χ3v) is 2.60. The van der Waals surface area contributed by atoms with Crippen molar-refractivity contribution in [2.24, 2.45) is 0 Å². The molecule has 100 valence electrons. The van der Waals surface area contributed by atoms with Gasteiger partial charge in [0.25, 0.3) is 0 Å². The van der Waals surface area contributed by atoms with Crippen LogP contribution in [0.1, 0.15) is 18.9 Å². The highest BCUT2D eigenvalue weighted by atomic mass is 19.1. The number of nitrogens with one attached hydrogen (secondary N) is 1. The zero-order valence-corrected chi connectivity index (χ0v) is 10.9. The molecule has 1 aromatic heterocycles. The van der Waals surface area contributed by atoms with Crippen molar-refractivity contribution in [1.29, 1.82) is 0 Å². The van der Waals surface area contributed by atoms with E-state index in [9.17, 15) is 4.39 Å². The van der Waals surface area contributed by atoms with Gasteiger partial charge in [0.05, 0.1) is 0 Å². The van der Waals surface area contributed by atoms with Crippen LogP contribution in [0.25, 0.3) is 0 Å². The van der Waals surface area contributed by atoms with Gasteiger partial charge in [-0.2, -0.15) is 0 Å². The van der Waals surface area contributed by atoms with E-state index in [1.54, 1.807) is 18.3 Å². The third-order valence-electron chi connectivity index (χ3n) is 2.60. The van der Waals surface area contributed by atoms with Crippen LogP contribution in [-0.4, -0.2) is 11.5 Å². The lowest BCUT2D eigenvalue weighted by atomic mass is 10.3. The minimum atomic E-state index is -0.264. The first-order chi connectivity index (χ1) is 9.28. The molecular formula is C15H17FN2O. The molecule has 0 bridgehead atoms. The van der Waals surface area contributed by atoms with Crippen LogP contribution < -0.4 is 10.1 Å².